The summed E-state index contributed by atoms with van der Waals surface area (Å²) in [6, 6.07) is 7.39. The standard InChI is InChI=1S/C22H29N3O2S/c1-16(2)14-25-21(27)18-10-6-7-11-19(18)24-22(25)28-15-20(26)23-13-12-17-8-4-3-5-9-17/h6-8,10-11,16H,3-5,9,12-15H2,1-2H3,(H,23,26). The number of fused-ring (bicyclic) bond motifs is 1. The molecular formula is C22H29N3O2S. The van der Waals surface area contributed by atoms with Crippen LogP contribution in [0.25, 0.3) is 10.9 Å². The van der Waals surface area contributed by atoms with E-state index in [0.717, 1.165) is 12.8 Å². The SMILES string of the molecule is CC(C)Cn1c(SCC(=O)NCCC2=CCCCC2)nc2ccccc2c1=O. The second-order valence-electron chi connectivity index (χ2n) is 7.72. The molecular weight excluding hydrogens is 370 g/mol. The van der Waals surface area contributed by atoms with Gasteiger partial charge in [-0.25, -0.2) is 4.98 Å². The zero-order chi connectivity index (χ0) is 19.9. The summed E-state index contributed by atoms with van der Waals surface area (Å²) in [5.41, 5.74) is 2.10. The molecule has 2 aromatic rings. The van der Waals surface area contributed by atoms with E-state index in [9.17, 15) is 9.59 Å². The summed E-state index contributed by atoms with van der Waals surface area (Å²) in [7, 11) is 0. The molecule has 1 aromatic heterocycles. The van der Waals surface area contributed by atoms with E-state index in [1.54, 1.807) is 4.57 Å². The Morgan fingerprint density at radius 1 is 1.29 bits per heavy atom. The average Bonchev–Trinajstić information content (AvgIpc) is 2.69. The molecule has 3 rings (SSSR count). The Morgan fingerprint density at radius 3 is 2.86 bits per heavy atom. The van der Waals surface area contributed by atoms with E-state index in [2.05, 4.69) is 30.2 Å². The quantitative estimate of drug-likeness (QED) is 0.411. The molecule has 0 bridgehead atoms. The highest BCUT2D eigenvalue weighted by atomic mass is 32.2. The van der Waals surface area contributed by atoms with Crippen LogP contribution in [0.5, 0.6) is 0 Å². The Balaban J connectivity index is 1.64. The zero-order valence-corrected chi connectivity index (χ0v) is 17.6. The predicted octanol–water partition coefficient (Wildman–Crippen LogP) is 4.15. The Hall–Kier alpha value is -2.08. The van der Waals surface area contributed by atoms with E-state index >= 15 is 0 Å². The highest BCUT2D eigenvalue weighted by Crippen LogP contribution is 2.20. The summed E-state index contributed by atoms with van der Waals surface area (Å²) in [5.74, 6) is 0.569. The van der Waals surface area contributed by atoms with Gasteiger partial charge in [0.2, 0.25) is 5.91 Å². The normalized spacial score (nSPS) is 14.3. The van der Waals surface area contributed by atoms with Crippen LogP contribution < -0.4 is 10.9 Å². The highest BCUT2D eigenvalue weighted by molar-refractivity contribution is 7.99. The third-order valence-electron chi connectivity index (χ3n) is 4.86. The summed E-state index contributed by atoms with van der Waals surface area (Å²) in [6.07, 6.45) is 8.12. The van der Waals surface area contributed by atoms with Crippen LogP contribution in [0.15, 0.2) is 45.9 Å². The van der Waals surface area contributed by atoms with Gasteiger partial charge in [-0.1, -0.05) is 49.4 Å². The summed E-state index contributed by atoms with van der Waals surface area (Å²) in [6.45, 7) is 5.41. The van der Waals surface area contributed by atoms with Gasteiger partial charge < -0.3 is 5.32 Å². The summed E-state index contributed by atoms with van der Waals surface area (Å²) < 4.78 is 1.71. The Morgan fingerprint density at radius 2 is 2.11 bits per heavy atom. The molecule has 0 spiro atoms. The average molecular weight is 400 g/mol. The van der Waals surface area contributed by atoms with Crippen LogP contribution in [0.1, 0.15) is 46.0 Å². The molecule has 6 heteroatoms. The monoisotopic (exact) mass is 399 g/mol. The molecule has 1 aliphatic rings. The molecule has 1 N–H and O–H groups in total. The van der Waals surface area contributed by atoms with Gasteiger partial charge in [-0.05, 0) is 50.2 Å². The topological polar surface area (TPSA) is 64.0 Å². The summed E-state index contributed by atoms with van der Waals surface area (Å²) in [4.78, 5) is 29.8. The molecule has 1 amide bonds. The maximum Gasteiger partial charge on any atom is 0.262 e. The molecule has 0 fully saturated rings. The lowest BCUT2D eigenvalue weighted by Crippen LogP contribution is -2.28. The molecule has 1 aromatic carbocycles. The molecule has 1 aliphatic carbocycles. The van der Waals surface area contributed by atoms with Gasteiger partial charge in [0.25, 0.3) is 5.56 Å². The predicted molar refractivity (Wildman–Crippen MR) is 116 cm³/mol. The lowest BCUT2D eigenvalue weighted by atomic mass is 9.97. The van der Waals surface area contributed by atoms with Crippen molar-refractivity contribution < 1.29 is 4.79 Å². The summed E-state index contributed by atoms with van der Waals surface area (Å²) in [5, 5.41) is 4.23. The van der Waals surface area contributed by atoms with Gasteiger partial charge in [-0.3, -0.25) is 14.2 Å². The second-order valence-corrected chi connectivity index (χ2v) is 8.66. The van der Waals surface area contributed by atoms with Crippen molar-refractivity contribution in [3.63, 3.8) is 0 Å². The fourth-order valence-electron chi connectivity index (χ4n) is 3.46. The third kappa shape index (κ3) is 5.47. The fraction of sp³-hybridized carbons (Fsp3) is 0.500. The van der Waals surface area contributed by atoms with Crippen molar-refractivity contribution in [3.8, 4) is 0 Å². The van der Waals surface area contributed by atoms with E-state index < -0.39 is 0 Å². The van der Waals surface area contributed by atoms with E-state index in [4.69, 9.17) is 0 Å². The van der Waals surface area contributed by atoms with Crippen LogP contribution in [0.3, 0.4) is 0 Å². The van der Waals surface area contributed by atoms with Crippen molar-refractivity contribution >= 4 is 28.6 Å². The number of nitrogens with zero attached hydrogens (tertiary/aromatic N) is 2. The number of amides is 1. The maximum absolute atomic E-state index is 12.9. The van der Waals surface area contributed by atoms with Gasteiger partial charge in [-0.15, -0.1) is 0 Å². The van der Waals surface area contributed by atoms with Crippen LogP contribution in [0.4, 0.5) is 0 Å². The van der Waals surface area contributed by atoms with E-state index in [-0.39, 0.29) is 17.2 Å². The van der Waals surface area contributed by atoms with Crippen LogP contribution >= 0.6 is 11.8 Å². The minimum atomic E-state index is -0.0357. The van der Waals surface area contributed by atoms with Gasteiger partial charge in [0, 0.05) is 13.1 Å². The van der Waals surface area contributed by atoms with E-state index in [1.807, 2.05) is 24.3 Å². The molecule has 0 atom stereocenters. The van der Waals surface area contributed by atoms with Crippen molar-refractivity contribution in [2.75, 3.05) is 12.3 Å². The second kappa shape index (κ2) is 9.92. The number of thioether (sulfide) groups is 1. The fourth-order valence-corrected chi connectivity index (χ4v) is 4.30. The first-order valence-corrected chi connectivity index (χ1v) is 11.1. The van der Waals surface area contributed by atoms with Crippen LogP contribution in [0.2, 0.25) is 0 Å². The molecule has 0 saturated heterocycles. The van der Waals surface area contributed by atoms with Crippen LogP contribution in [0, 0.1) is 5.92 Å². The highest BCUT2D eigenvalue weighted by Gasteiger charge is 2.14. The lowest BCUT2D eigenvalue weighted by molar-refractivity contribution is -0.118. The lowest BCUT2D eigenvalue weighted by Gasteiger charge is -2.15. The number of hydrogen-bond acceptors (Lipinski definition) is 4. The molecule has 28 heavy (non-hydrogen) atoms. The van der Waals surface area contributed by atoms with Gasteiger partial charge in [0.05, 0.1) is 16.7 Å². The minimum Gasteiger partial charge on any atom is -0.355 e. The first kappa shape index (κ1) is 20.6. The van der Waals surface area contributed by atoms with Crippen LogP contribution in [-0.4, -0.2) is 27.8 Å². The number of nitrogens with one attached hydrogen (secondary N) is 1. The molecule has 0 aliphatic heterocycles. The number of para-hydroxylation sites is 1. The van der Waals surface area contributed by atoms with Crippen molar-refractivity contribution in [1.82, 2.24) is 14.9 Å². The molecule has 0 saturated carbocycles. The largest absolute Gasteiger partial charge is 0.355 e. The van der Waals surface area contributed by atoms with Gasteiger partial charge in [0.15, 0.2) is 5.16 Å². The number of carbonyl (C=O) groups is 1. The number of allylic oxidation sites excluding steroid dienone is 1. The first-order chi connectivity index (χ1) is 13.5. The van der Waals surface area contributed by atoms with E-state index in [0.29, 0.717) is 35.1 Å². The molecule has 150 valence electrons. The van der Waals surface area contributed by atoms with Crippen molar-refractivity contribution in [1.29, 1.82) is 0 Å². The number of hydrogen-bond donors (Lipinski definition) is 1. The summed E-state index contributed by atoms with van der Waals surface area (Å²) >= 11 is 1.34. The first-order valence-electron chi connectivity index (χ1n) is 10.1. The van der Waals surface area contributed by atoms with Gasteiger partial charge in [0.1, 0.15) is 0 Å². The Bertz CT molecular complexity index is 918. The maximum atomic E-state index is 12.9. The number of rotatable bonds is 8. The number of carbonyl (C=O) groups excluding carboxylic acids is 1. The molecule has 1 heterocycles. The minimum absolute atomic E-state index is 0.0140. The smallest absolute Gasteiger partial charge is 0.262 e. The van der Waals surface area contributed by atoms with Crippen molar-refractivity contribution in [2.45, 2.75) is 57.7 Å². The molecule has 0 unspecified atom stereocenters. The molecule has 0 radical (unpaired) electrons. The third-order valence-corrected chi connectivity index (χ3v) is 5.84. The van der Waals surface area contributed by atoms with Crippen LogP contribution in [-0.2, 0) is 11.3 Å². The Labute approximate surface area is 170 Å². The number of benzene rings is 1. The van der Waals surface area contributed by atoms with Gasteiger partial charge >= 0.3 is 0 Å². The zero-order valence-electron chi connectivity index (χ0n) is 16.7. The van der Waals surface area contributed by atoms with Crippen molar-refractivity contribution in [2.24, 2.45) is 5.92 Å². The van der Waals surface area contributed by atoms with Crippen molar-refractivity contribution in [3.05, 3.63) is 46.3 Å². The number of aromatic nitrogens is 2. The molecule has 5 nitrogen and oxygen atoms in total. The Kier molecular flexibility index (Phi) is 7.31. The van der Waals surface area contributed by atoms with E-state index in [1.165, 1.54) is 36.6 Å². The van der Waals surface area contributed by atoms with Gasteiger partial charge in [-0.2, -0.15) is 0 Å².